The van der Waals surface area contributed by atoms with Gasteiger partial charge in [-0.15, -0.1) is 0 Å². The number of ether oxygens (including phenoxy) is 1. The normalized spacial score (nSPS) is 26.2. The summed E-state index contributed by atoms with van der Waals surface area (Å²) in [5.41, 5.74) is 8.51. The lowest BCUT2D eigenvalue weighted by Gasteiger charge is -2.36. The molecule has 1 aromatic carbocycles. The zero-order valence-electron chi connectivity index (χ0n) is 9.92. The molecular weight excluding hydrogens is 278 g/mol. The van der Waals surface area contributed by atoms with Gasteiger partial charge < -0.3 is 10.5 Å². The highest BCUT2D eigenvalue weighted by atomic mass is 79.9. The second-order valence-electron chi connectivity index (χ2n) is 5.19. The maximum atomic E-state index is 5.78. The van der Waals surface area contributed by atoms with Gasteiger partial charge in [-0.1, -0.05) is 15.9 Å². The Labute approximate surface area is 111 Å². The summed E-state index contributed by atoms with van der Waals surface area (Å²) in [6.45, 7) is 1.67. The molecule has 0 aromatic heterocycles. The highest BCUT2D eigenvalue weighted by Crippen LogP contribution is 2.40. The number of hydrogen-bond donors (Lipinski definition) is 1. The van der Waals surface area contributed by atoms with Crippen molar-refractivity contribution in [3.8, 4) is 5.75 Å². The molecule has 92 valence electrons. The maximum Gasteiger partial charge on any atom is 0.125 e. The molecule has 1 aromatic rings. The van der Waals surface area contributed by atoms with Gasteiger partial charge >= 0.3 is 0 Å². The Balaban J connectivity index is 1.83. The molecular formula is C14H18BrNO. The lowest BCUT2D eigenvalue weighted by molar-refractivity contribution is 0.181. The van der Waals surface area contributed by atoms with Crippen LogP contribution in [-0.2, 0) is 12.8 Å². The Bertz CT molecular complexity index is 430. The van der Waals surface area contributed by atoms with Gasteiger partial charge in [-0.05, 0) is 60.9 Å². The summed E-state index contributed by atoms with van der Waals surface area (Å²) in [5, 5.41) is 0. The van der Waals surface area contributed by atoms with Crippen LogP contribution in [-0.4, -0.2) is 13.2 Å². The maximum absolute atomic E-state index is 5.78. The van der Waals surface area contributed by atoms with E-state index in [0.717, 1.165) is 43.6 Å². The summed E-state index contributed by atoms with van der Waals surface area (Å²) >= 11 is 3.60. The number of halogens is 1. The molecule has 2 unspecified atom stereocenters. The zero-order chi connectivity index (χ0) is 11.8. The molecule has 0 spiro atoms. The number of fused-ring (bicyclic) bond motifs is 1. The van der Waals surface area contributed by atoms with Crippen molar-refractivity contribution >= 4 is 15.9 Å². The summed E-state index contributed by atoms with van der Waals surface area (Å²) in [6, 6.07) is 4.41. The van der Waals surface area contributed by atoms with Crippen LogP contribution in [0.15, 0.2) is 16.6 Å². The monoisotopic (exact) mass is 295 g/mol. The fraction of sp³-hybridized carbons (Fsp3) is 0.571. The average molecular weight is 296 g/mol. The molecule has 17 heavy (non-hydrogen) atoms. The van der Waals surface area contributed by atoms with Crippen molar-refractivity contribution in [2.24, 2.45) is 17.6 Å². The third-order valence-electron chi connectivity index (χ3n) is 4.19. The molecule has 2 atom stereocenters. The van der Waals surface area contributed by atoms with Crippen LogP contribution in [0.3, 0.4) is 0 Å². The first kappa shape index (κ1) is 11.5. The summed E-state index contributed by atoms with van der Waals surface area (Å²) in [7, 11) is 0. The molecule has 0 bridgehead atoms. The van der Waals surface area contributed by atoms with E-state index in [0.29, 0.717) is 0 Å². The van der Waals surface area contributed by atoms with Crippen LogP contribution >= 0.6 is 15.9 Å². The first-order valence-electron chi connectivity index (χ1n) is 6.42. The van der Waals surface area contributed by atoms with Gasteiger partial charge in [0.05, 0.1) is 6.61 Å². The predicted molar refractivity (Wildman–Crippen MR) is 72.3 cm³/mol. The Kier molecular flexibility index (Phi) is 3.14. The number of hydrogen-bond acceptors (Lipinski definition) is 2. The Hall–Kier alpha value is -0.540. The van der Waals surface area contributed by atoms with E-state index in [4.69, 9.17) is 10.5 Å². The standard InChI is InChI=1S/C14H18BrNO/c15-13-6-10-3-4-17-14(10)12(7-13)5-9-1-2-11(9)8-16/h6-7,9,11H,1-5,8,16H2. The molecule has 1 saturated carbocycles. The molecule has 3 heteroatoms. The first-order valence-corrected chi connectivity index (χ1v) is 7.21. The van der Waals surface area contributed by atoms with E-state index in [1.807, 2.05) is 0 Å². The van der Waals surface area contributed by atoms with Crippen LogP contribution in [0.25, 0.3) is 0 Å². The number of benzene rings is 1. The summed E-state index contributed by atoms with van der Waals surface area (Å²) < 4.78 is 6.95. The highest BCUT2D eigenvalue weighted by molar-refractivity contribution is 9.10. The second-order valence-corrected chi connectivity index (χ2v) is 6.10. The van der Waals surface area contributed by atoms with Gasteiger partial charge in [-0.2, -0.15) is 0 Å². The van der Waals surface area contributed by atoms with E-state index >= 15 is 0 Å². The van der Waals surface area contributed by atoms with Gasteiger partial charge in [-0.25, -0.2) is 0 Å². The molecule has 1 heterocycles. The van der Waals surface area contributed by atoms with Crippen molar-refractivity contribution in [3.63, 3.8) is 0 Å². The van der Waals surface area contributed by atoms with Crippen LogP contribution in [0.4, 0.5) is 0 Å². The van der Waals surface area contributed by atoms with Crippen LogP contribution in [0.1, 0.15) is 24.0 Å². The van der Waals surface area contributed by atoms with Gasteiger partial charge in [0.1, 0.15) is 5.75 Å². The van der Waals surface area contributed by atoms with Crippen LogP contribution < -0.4 is 10.5 Å². The van der Waals surface area contributed by atoms with Gasteiger partial charge in [0.2, 0.25) is 0 Å². The molecule has 3 rings (SSSR count). The minimum Gasteiger partial charge on any atom is -0.493 e. The van der Waals surface area contributed by atoms with Crippen molar-refractivity contribution in [3.05, 3.63) is 27.7 Å². The third-order valence-corrected chi connectivity index (χ3v) is 4.64. The molecule has 0 radical (unpaired) electrons. The first-order chi connectivity index (χ1) is 8.28. The molecule has 2 nitrogen and oxygen atoms in total. The van der Waals surface area contributed by atoms with E-state index in [1.54, 1.807) is 0 Å². The lowest BCUT2D eigenvalue weighted by atomic mass is 9.70. The van der Waals surface area contributed by atoms with Crippen LogP contribution in [0, 0.1) is 11.8 Å². The fourth-order valence-electron chi connectivity index (χ4n) is 3.00. The number of rotatable bonds is 3. The van der Waals surface area contributed by atoms with Crippen molar-refractivity contribution in [2.45, 2.75) is 25.7 Å². The largest absolute Gasteiger partial charge is 0.493 e. The fourth-order valence-corrected chi connectivity index (χ4v) is 3.55. The molecule has 1 fully saturated rings. The van der Waals surface area contributed by atoms with Gasteiger partial charge in [0, 0.05) is 10.9 Å². The van der Waals surface area contributed by atoms with Gasteiger partial charge in [0.25, 0.3) is 0 Å². The molecule has 0 saturated heterocycles. The number of nitrogens with two attached hydrogens (primary N) is 1. The van der Waals surface area contributed by atoms with Gasteiger partial charge in [-0.3, -0.25) is 0 Å². The van der Waals surface area contributed by atoms with Crippen molar-refractivity contribution in [2.75, 3.05) is 13.2 Å². The van der Waals surface area contributed by atoms with E-state index in [1.165, 1.54) is 28.4 Å². The quantitative estimate of drug-likeness (QED) is 0.931. The predicted octanol–water partition coefficient (Wildman–Crippen LogP) is 2.91. The van der Waals surface area contributed by atoms with Crippen molar-refractivity contribution in [1.82, 2.24) is 0 Å². The zero-order valence-corrected chi connectivity index (χ0v) is 11.5. The summed E-state index contributed by atoms with van der Waals surface area (Å²) in [4.78, 5) is 0. The topological polar surface area (TPSA) is 35.2 Å². The second kappa shape index (κ2) is 4.62. The molecule has 0 amide bonds. The molecule has 2 aliphatic rings. The Morgan fingerprint density at radius 1 is 1.29 bits per heavy atom. The summed E-state index contributed by atoms with van der Waals surface area (Å²) in [5.74, 6) is 2.64. The third kappa shape index (κ3) is 2.11. The molecule has 1 aliphatic heterocycles. The average Bonchev–Trinajstić information content (AvgIpc) is 2.72. The van der Waals surface area contributed by atoms with Crippen molar-refractivity contribution in [1.29, 1.82) is 0 Å². The van der Waals surface area contributed by atoms with Crippen LogP contribution in [0.2, 0.25) is 0 Å². The SMILES string of the molecule is NCC1CCC1Cc1cc(Br)cc2c1OCC2. The molecule has 2 N–H and O–H groups in total. The van der Waals surface area contributed by atoms with Crippen molar-refractivity contribution < 1.29 is 4.74 Å². The van der Waals surface area contributed by atoms with E-state index in [-0.39, 0.29) is 0 Å². The van der Waals surface area contributed by atoms with E-state index < -0.39 is 0 Å². The van der Waals surface area contributed by atoms with Gasteiger partial charge in [0.15, 0.2) is 0 Å². The smallest absolute Gasteiger partial charge is 0.125 e. The summed E-state index contributed by atoms with van der Waals surface area (Å²) in [6.07, 6.45) is 4.80. The highest BCUT2D eigenvalue weighted by Gasteiger charge is 2.31. The lowest BCUT2D eigenvalue weighted by Crippen LogP contribution is -2.33. The van der Waals surface area contributed by atoms with Crippen LogP contribution in [0.5, 0.6) is 5.75 Å². The Morgan fingerprint density at radius 2 is 2.12 bits per heavy atom. The Morgan fingerprint density at radius 3 is 2.82 bits per heavy atom. The minimum atomic E-state index is 0.728. The van der Waals surface area contributed by atoms with E-state index in [2.05, 4.69) is 28.1 Å². The van der Waals surface area contributed by atoms with E-state index in [9.17, 15) is 0 Å². The molecule has 1 aliphatic carbocycles. The minimum absolute atomic E-state index is 0.728.